The topological polar surface area (TPSA) is 68.9 Å². The van der Waals surface area contributed by atoms with Crippen LogP contribution < -0.4 is 5.32 Å². The van der Waals surface area contributed by atoms with Crippen LogP contribution in [0.5, 0.6) is 0 Å². The maximum Gasteiger partial charge on any atom is 0.144 e. The second-order valence-electron chi connectivity index (χ2n) is 5.34. The maximum absolute atomic E-state index is 9.54. The molecule has 2 N–H and O–H groups in total. The SMILES string of the molecule is N#Cc1cc2ccccc2nc1NC1CCC(O)CC1. The third kappa shape index (κ3) is 2.59. The minimum atomic E-state index is -0.173. The maximum atomic E-state index is 9.54. The lowest BCUT2D eigenvalue weighted by molar-refractivity contribution is 0.126. The Kier molecular flexibility index (Phi) is 3.53. The summed E-state index contributed by atoms with van der Waals surface area (Å²) in [6, 6.07) is 12.2. The molecule has 1 aliphatic carbocycles. The molecule has 1 saturated carbocycles. The molecule has 0 aliphatic heterocycles. The van der Waals surface area contributed by atoms with Crippen molar-refractivity contribution in [2.24, 2.45) is 0 Å². The van der Waals surface area contributed by atoms with Gasteiger partial charge in [-0.1, -0.05) is 18.2 Å². The molecule has 4 heteroatoms. The summed E-state index contributed by atoms with van der Waals surface area (Å²) in [5.74, 6) is 0.660. The molecule has 20 heavy (non-hydrogen) atoms. The standard InChI is InChI=1S/C16H17N3O/c17-10-12-9-11-3-1-2-4-15(11)19-16(12)18-13-5-7-14(20)8-6-13/h1-4,9,13-14,20H,5-8H2,(H,18,19). The highest BCUT2D eigenvalue weighted by Gasteiger charge is 2.20. The Hall–Kier alpha value is -2.12. The molecule has 4 nitrogen and oxygen atoms in total. The molecule has 1 heterocycles. The van der Waals surface area contributed by atoms with Gasteiger partial charge < -0.3 is 10.4 Å². The Balaban J connectivity index is 1.88. The molecule has 1 fully saturated rings. The van der Waals surface area contributed by atoms with Crippen molar-refractivity contribution in [1.82, 2.24) is 4.98 Å². The van der Waals surface area contributed by atoms with Crippen LogP contribution in [0.3, 0.4) is 0 Å². The van der Waals surface area contributed by atoms with Gasteiger partial charge in [0.15, 0.2) is 0 Å². The molecular weight excluding hydrogens is 250 g/mol. The minimum absolute atomic E-state index is 0.173. The first-order valence-corrected chi connectivity index (χ1v) is 7.01. The minimum Gasteiger partial charge on any atom is -0.393 e. The molecule has 0 atom stereocenters. The van der Waals surface area contributed by atoms with Gasteiger partial charge in [0.25, 0.3) is 0 Å². The van der Waals surface area contributed by atoms with Gasteiger partial charge in [-0.25, -0.2) is 4.98 Å². The van der Waals surface area contributed by atoms with Crippen molar-refractivity contribution >= 4 is 16.7 Å². The summed E-state index contributed by atoms with van der Waals surface area (Å²) in [5.41, 5.74) is 1.47. The molecule has 2 aromatic rings. The first-order valence-electron chi connectivity index (χ1n) is 7.01. The highest BCUT2D eigenvalue weighted by atomic mass is 16.3. The fourth-order valence-corrected chi connectivity index (χ4v) is 2.72. The number of nitrogens with one attached hydrogen (secondary N) is 1. The Labute approximate surface area is 118 Å². The number of rotatable bonds is 2. The molecule has 0 spiro atoms. The monoisotopic (exact) mass is 267 g/mol. The number of anilines is 1. The summed E-state index contributed by atoms with van der Waals surface area (Å²) >= 11 is 0. The summed E-state index contributed by atoms with van der Waals surface area (Å²) in [6.45, 7) is 0. The predicted molar refractivity (Wildman–Crippen MR) is 78.3 cm³/mol. The fraction of sp³-hybridized carbons (Fsp3) is 0.375. The van der Waals surface area contributed by atoms with Crippen LogP contribution in [-0.4, -0.2) is 22.2 Å². The number of benzene rings is 1. The molecule has 0 unspecified atom stereocenters. The van der Waals surface area contributed by atoms with E-state index >= 15 is 0 Å². The lowest BCUT2D eigenvalue weighted by atomic mass is 9.93. The van der Waals surface area contributed by atoms with Gasteiger partial charge in [-0.3, -0.25) is 0 Å². The summed E-state index contributed by atoms with van der Waals surface area (Å²) < 4.78 is 0. The van der Waals surface area contributed by atoms with Crippen molar-refractivity contribution in [2.45, 2.75) is 37.8 Å². The zero-order valence-electron chi connectivity index (χ0n) is 11.2. The number of hydrogen-bond acceptors (Lipinski definition) is 4. The second kappa shape index (κ2) is 5.48. The van der Waals surface area contributed by atoms with Crippen LogP contribution in [0.15, 0.2) is 30.3 Å². The van der Waals surface area contributed by atoms with Crippen molar-refractivity contribution in [3.63, 3.8) is 0 Å². The lowest BCUT2D eigenvalue weighted by Crippen LogP contribution is -2.28. The van der Waals surface area contributed by atoms with Gasteiger partial charge in [-0.15, -0.1) is 0 Å². The van der Waals surface area contributed by atoms with Crippen molar-refractivity contribution in [1.29, 1.82) is 5.26 Å². The molecule has 1 aromatic carbocycles. The van der Waals surface area contributed by atoms with Crippen molar-refractivity contribution < 1.29 is 5.11 Å². The lowest BCUT2D eigenvalue weighted by Gasteiger charge is -2.27. The van der Waals surface area contributed by atoms with E-state index in [1.807, 2.05) is 30.3 Å². The van der Waals surface area contributed by atoms with Gasteiger partial charge >= 0.3 is 0 Å². The third-order valence-electron chi connectivity index (χ3n) is 3.88. The van der Waals surface area contributed by atoms with Gasteiger partial charge in [0.2, 0.25) is 0 Å². The van der Waals surface area contributed by atoms with Crippen LogP contribution >= 0.6 is 0 Å². The number of para-hydroxylation sites is 1. The smallest absolute Gasteiger partial charge is 0.144 e. The molecular formula is C16H17N3O. The van der Waals surface area contributed by atoms with Gasteiger partial charge in [-0.2, -0.15) is 5.26 Å². The Morgan fingerprint density at radius 1 is 1.20 bits per heavy atom. The van der Waals surface area contributed by atoms with E-state index in [0.717, 1.165) is 36.6 Å². The van der Waals surface area contributed by atoms with Crippen LogP contribution in [0.25, 0.3) is 10.9 Å². The van der Waals surface area contributed by atoms with Crippen LogP contribution in [-0.2, 0) is 0 Å². The number of nitrogens with zero attached hydrogens (tertiary/aromatic N) is 2. The number of pyridine rings is 1. The zero-order valence-corrected chi connectivity index (χ0v) is 11.2. The molecule has 3 rings (SSSR count). The molecule has 1 aromatic heterocycles. The van der Waals surface area contributed by atoms with Gasteiger partial charge in [0, 0.05) is 11.4 Å². The van der Waals surface area contributed by atoms with Crippen molar-refractivity contribution in [2.75, 3.05) is 5.32 Å². The summed E-state index contributed by atoms with van der Waals surface area (Å²) in [7, 11) is 0. The van der Waals surface area contributed by atoms with Crippen LogP contribution in [0.1, 0.15) is 31.2 Å². The van der Waals surface area contributed by atoms with E-state index in [-0.39, 0.29) is 6.10 Å². The first kappa shape index (κ1) is 12.9. The van der Waals surface area contributed by atoms with Crippen molar-refractivity contribution in [3.05, 3.63) is 35.9 Å². The number of aliphatic hydroxyl groups excluding tert-OH is 1. The van der Waals surface area contributed by atoms with Crippen LogP contribution in [0, 0.1) is 11.3 Å². The quantitative estimate of drug-likeness (QED) is 0.878. The van der Waals surface area contributed by atoms with Crippen molar-refractivity contribution in [3.8, 4) is 6.07 Å². The highest BCUT2D eigenvalue weighted by molar-refractivity contribution is 5.82. The van der Waals surface area contributed by atoms with Crippen LogP contribution in [0.2, 0.25) is 0 Å². The predicted octanol–water partition coefficient (Wildman–Crippen LogP) is 2.82. The van der Waals surface area contributed by atoms with Gasteiger partial charge in [0.05, 0.1) is 17.2 Å². The highest BCUT2D eigenvalue weighted by Crippen LogP contribution is 2.25. The average Bonchev–Trinajstić information content (AvgIpc) is 2.49. The summed E-state index contributed by atoms with van der Waals surface area (Å²) in [6.07, 6.45) is 3.29. The van der Waals surface area contributed by atoms with E-state index in [1.165, 1.54) is 0 Å². The van der Waals surface area contributed by atoms with E-state index in [4.69, 9.17) is 0 Å². The molecule has 0 radical (unpaired) electrons. The average molecular weight is 267 g/mol. The summed E-state index contributed by atoms with van der Waals surface area (Å²) in [5, 5.41) is 23.2. The Morgan fingerprint density at radius 3 is 2.70 bits per heavy atom. The number of aliphatic hydroxyl groups is 1. The molecule has 0 amide bonds. The van der Waals surface area contributed by atoms with Crippen LogP contribution in [0.4, 0.5) is 5.82 Å². The Morgan fingerprint density at radius 2 is 1.95 bits per heavy atom. The van der Waals surface area contributed by atoms with E-state index in [2.05, 4.69) is 16.4 Å². The Bertz CT molecular complexity index is 654. The largest absolute Gasteiger partial charge is 0.393 e. The summed E-state index contributed by atoms with van der Waals surface area (Å²) in [4.78, 5) is 4.56. The van der Waals surface area contributed by atoms with E-state index < -0.39 is 0 Å². The van der Waals surface area contributed by atoms with E-state index in [1.54, 1.807) is 0 Å². The van der Waals surface area contributed by atoms with E-state index in [0.29, 0.717) is 17.4 Å². The molecule has 0 saturated heterocycles. The number of aromatic nitrogens is 1. The number of nitriles is 1. The zero-order chi connectivity index (χ0) is 13.9. The molecule has 0 bridgehead atoms. The first-order chi connectivity index (χ1) is 9.76. The van der Waals surface area contributed by atoms with E-state index in [9.17, 15) is 10.4 Å². The normalized spacial score (nSPS) is 22.4. The van der Waals surface area contributed by atoms with Gasteiger partial charge in [0.1, 0.15) is 11.9 Å². The number of fused-ring (bicyclic) bond motifs is 1. The molecule has 1 aliphatic rings. The van der Waals surface area contributed by atoms with Gasteiger partial charge in [-0.05, 0) is 37.8 Å². The fourth-order valence-electron chi connectivity index (χ4n) is 2.72. The number of hydrogen-bond donors (Lipinski definition) is 2. The third-order valence-corrected chi connectivity index (χ3v) is 3.88. The molecule has 102 valence electrons. The second-order valence-corrected chi connectivity index (χ2v) is 5.34.